The first kappa shape index (κ1) is 13.4. The minimum Gasteiger partial charge on any atom is -0.506 e. The molecule has 20 heavy (non-hydrogen) atoms. The van der Waals surface area contributed by atoms with Crippen LogP contribution < -0.4 is 9.47 Å². The van der Waals surface area contributed by atoms with Gasteiger partial charge in [0.25, 0.3) is 0 Å². The molecule has 1 unspecified atom stereocenters. The highest BCUT2D eigenvalue weighted by molar-refractivity contribution is 6.34. The van der Waals surface area contributed by atoms with Gasteiger partial charge in [-0.15, -0.1) is 0 Å². The molecule has 0 spiro atoms. The third-order valence-corrected chi connectivity index (χ3v) is 4.11. The number of hydrogen-bond acceptors (Lipinski definition) is 4. The maximum Gasteiger partial charge on any atom is 0.303 e. The Morgan fingerprint density at radius 1 is 1.40 bits per heavy atom. The molecular weight excluding hydrogens is 284 g/mol. The van der Waals surface area contributed by atoms with Gasteiger partial charge in [-0.1, -0.05) is 11.6 Å². The van der Waals surface area contributed by atoms with Crippen LogP contribution in [0.4, 0.5) is 0 Å². The third kappa shape index (κ3) is 2.38. The molecular formula is C14H15ClO5. The zero-order valence-corrected chi connectivity index (χ0v) is 11.5. The van der Waals surface area contributed by atoms with Gasteiger partial charge in [-0.2, -0.15) is 0 Å². The quantitative estimate of drug-likeness (QED) is 0.894. The van der Waals surface area contributed by atoms with Gasteiger partial charge in [0.1, 0.15) is 24.0 Å². The summed E-state index contributed by atoms with van der Waals surface area (Å²) in [5.74, 6) is -0.105. The molecule has 1 aliphatic heterocycles. The van der Waals surface area contributed by atoms with Crippen LogP contribution in [0.1, 0.15) is 30.7 Å². The second kappa shape index (κ2) is 5.05. The third-order valence-electron chi connectivity index (χ3n) is 3.76. The Bertz CT molecular complexity index is 553. The second-order valence-electron chi connectivity index (χ2n) is 5.19. The zero-order chi connectivity index (χ0) is 14.3. The van der Waals surface area contributed by atoms with Gasteiger partial charge < -0.3 is 19.7 Å². The number of ether oxygens (including phenoxy) is 2. The Morgan fingerprint density at radius 3 is 2.75 bits per heavy atom. The highest BCUT2D eigenvalue weighted by Crippen LogP contribution is 2.52. The van der Waals surface area contributed by atoms with Crippen LogP contribution in [0.2, 0.25) is 5.02 Å². The molecule has 1 aromatic carbocycles. The molecule has 1 atom stereocenters. The summed E-state index contributed by atoms with van der Waals surface area (Å²) in [5.41, 5.74) is 0.546. The van der Waals surface area contributed by atoms with E-state index in [1.165, 1.54) is 0 Å². The predicted octanol–water partition coefficient (Wildman–Crippen LogP) is 2.79. The van der Waals surface area contributed by atoms with Gasteiger partial charge in [0.15, 0.2) is 11.5 Å². The molecule has 0 saturated heterocycles. The topological polar surface area (TPSA) is 76.0 Å². The summed E-state index contributed by atoms with van der Waals surface area (Å²) in [4.78, 5) is 11.0. The molecule has 1 saturated carbocycles. The molecule has 3 rings (SSSR count). The number of carbonyl (C=O) groups is 1. The van der Waals surface area contributed by atoms with E-state index >= 15 is 0 Å². The largest absolute Gasteiger partial charge is 0.506 e. The van der Waals surface area contributed by atoms with Crippen molar-refractivity contribution in [3.05, 3.63) is 16.7 Å². The highest BCUT2D eigenvalue weighted by atomic mass is 35.5. The highest BCUT2D eigenvalue weighted by Gasteiger charge is 2.37. The van der Waals surface area contributed by atoms with Crippen molar-refractivity contribution in [2.75, 3.05) is 13.2 Å². The van der Waals surface area contributed by atoms with Crippen molar-refractivity contribution in [3.63, 3.8) is 0 Å². The Hall–Kier alpha value is -1.62. The van der Waals surface area contributed by atoms with Gasteiger partial charge in [0.05, 0.1) is 6.42 Å². The number of phenols is 1. The number of hydrogen-bond donors (Lipinski definition) is 2. The summed E-state index contributed by atoms with van der Waals surface area (Å²) in [7, 11) is 0. The number of carboxylic acids is 1. The molecule has 108 valence electrons. The van der Waals surface area contributed by atoms with E-state index in [1.807, 2.05) is 0 Å². The van der Waals surface area contributed by atoms with Crippen LogP contribution in [0.3, 0.4) is 0 Å². The SMILES string of the molecule is O=C(O)CC(c1cc2c(c(Cl)c1O)OCCO2)C1CC1. The van der Waals surface area contributed by atoms with Crippen LogP contribution in [0.15, 0.2) is 6.07 Å². The van der Waals surface area contributed by atoms with E-state index in [9.17, 15) is 9.90 Å². The van der Waals surface area contributed by atoms with E-state index in [1.54, 1.807) is 6.07 Å². The van der Waals surface area contributed by atoms with Gasteiger partial charge in [0.2, 0.25) is 0 Å². The van der Waals surface area contributed by atoms with Gasteiger partial charge in [-0.05, 0) is 24.8 Å². The maximum atomic E-state index is 11.0. The number of phenolic OH excluding ortho intramolecular Hbond substituents is 1. The summed E-state index contributed by atoms with van der Waals surface area (Å²) in [5, 5.41) is 19.4. The number of carboxylic acid groups (broad SMARTS) is 1. The van der Waals surface area contributed by atoms with E-state index in [0.717, 1.165) is 12.8 Å². The molecule has 1 aliphatic carbocycles. The van der Waals surface area contributed by atoms with Gasteiger partial charge in [-0.25, -0.2) is 0 Å². The average molecular weight is 299 g/mol. The Labute approximate surface area is 121 Å². The molecule has 2 aliphatic rings. The van der Waals surface area contributed by atoms with E-state index in [0.29, 0.717) is 30.3 Å². The smallest absolute Gasteiger partial charge is 0.303 e. The standard InChI is InChI=1S/C14H15ClO5/c15-12-13(18)9(5-10-14(12)20-4-3-19-10)8(6-11(16)17)7-1-2-7/h5,7-8,18H,1-4,6H2,(H,16,17). The Morgan fingerprint density at radius 2 is 2.10 bits per heavy atom. The Balaban J connectivity index is 2.03. The second-order valence-corrected chi connectivity index (χ2v) is 5.57. The van der Waals surface area contributed by atoms with Crippen LogP contribution in [-0.2, 0) is 4.79 Å². The average Bonchev–Trinajstić information content (AvgIpc) is 3.25. The number of aromatic hydroxyl groups is 1. The fourth-order valence-electron chi connectivity index (χ4n) is 2.65. The van der Waals surface area contributed by atoms with Crippen LogP contribution in [0.5, 0.6) is 17.2 Å². The van der Waals surface area contributed by atoms with E-state index in [2.05, 4.69) is 0 Å². The first-order valence-electron chi connectivity index (χ1n) is 6.60. The zero-order valence-electron chi connectivity index (χ0n) is 10.8. The lowest BCUT2D eigenvalue weighted by atomic mass is 9.90. The normalized spacial score (nSPS) is 18.6. The molecule has 6 heteroatoms. The van der Waals surface area contributed by atoms with Crippen LogP contribution >= 0.6 is 11.6 Å². The van der Waals surface area contributed by atoms with Crippen molar-refractivity contribution in [2.24, 2.45) is 5.92 Å². The first-order valence-corrected chi connectivity index (χ1v) is 6.98. The summed E-state index contributed by atoms with van der Waals surface area (Å²) < 4.78 is 10.9. The minimum atomic E-state index is -0.882. The van der Waals surface area contributed by atoms with Gasteiger partial charge in [0, 0.05) is 11.5 Å². The summed E-state index contributed by atoms with van der Waals surface area (Å²) in [6.07, 6.45) is 1.93. The number of benzene rings is 1. The van der Waals surface area contributed by atoms with Crippen molar-refractivity contribution in [1.29, 1.82) is 0 Å². The molecule has 1 heterocycles. The fourth-order valence-corrected chi connectivity index (χ4v) is 2.91. The monoisotopic (exact) mass is 298 g/mol. The lowest BCUT2D eigenvalue weighted by molar-refractivity contribution is -0.137. The molecule has 1 aromatic rings. The molecule has 2 N–H and O–H groups in total. The molecule has 0 bridgehead atoms. The predicted molar refractivity (Wildman–Crippen MR) is 71.8 cm³/mol. The number of rotatable bonds is 4. The van der Waals surface area contributed by atoms with Gasteiger partial charge in [-0.3, -0.25) is 4.79 Å². The molecule has 0 aromatic heterocycles. The van der Waals surface area contributed by atoms with Crippen molar-refractivity contribution in [2.45, 2.75) is 25.2 Å². The van der Waals surface area contributed by atoms with Crippen LogP contribution in [0, 0.1) is 5.92 Å². The van der Waals surface area contributed by atoms with Crippen molar-refractivity contribution < 1.29 is 24.5 Å². The fraction of sp³-hybridized carbons (Fsp3) is 0.500. The first-order chi connectivity index (χ1) is 9.58. The molecule has 1 fully saturated rings. The summed E-state index contributed by atoms with van der Waals surface area (Å²) in [6, 6.07) is 1.67. The van der Waals surface area contributed by atoms with Crippen LogP contribution in [-0.4, -0.2) is 29.4 Å². The summed E-state index contributed by atoms with van der Waals surface area (Å²) >= 11 is 6.12. The molecule has 5 nitrogen and oxygen atoms in total. The van der Waals surface area contributed by atoms with Gasteiger partial charge >= 0.3 is 5.97 Å². The number of fused-ring (bicyclic) bond motifs is 1. The van der Waals surface area contributed by atoms with Crippen molar-refractivity contribution in [1.82, 2.24) is 0 Å². The van der Waals surface area contributed by atoms with E-state index in [-0.39, 0.29) is 29.0 Å². The minimum absolute atomic E-state index is 0.0196. The molecule has 0 radical (unpaired) electrons. The Kier molecular flexibility index (Phi) is 3.38. The van der Waals surface area contributed by atoms with Crippen molar-refractivity contribution >= 4 is 17.6 Å². The maximum absolute atomic E-state index is 11.0. The number of aliphatic carboxylic acids is 1. The summed E-state index contributed by atoms with van der Waals surface area (Å²) in [6.45, 7) is 0.799. The molecule has 0 amide bonds. The van der Waals surface area contributed by atoms with Crippen molar-refractivity contribution in [3.8, 4) is 17.2 Å². The van der Waals surface area contributed by atoms with Crippen LogP contribution in [0.25, 0.3) is 0 Å². The van der Waals surface area contributed by atoms with E-state index in [4.69, 9.17) is 26.2 Å². The number of halogens is 1. The lowest BCUT2D eigenvalue weighted by Crippen LogP contribution is -2.17. The van der Waals surface area contributed by atoms with E-state index < -0.39 is 5.97 Å². The lowest BCUT2D eigenvalue weighted by Gasteiger charge is -2.24.